The SMILES string of the molecule is Cc1cc(=O)n(C23CC4CC(CC(C4)C2)C3)n1-c1ccccc1. The minimum atomic E-state index is 0.0654. The molecule has 0 saturated heterocycles. The van der Waals surface area contributed by atoms with Crippen LogP contribution in [-0.2, 0) is 5.54 Å². The Morgan fingerprint density at radius 3 is 2.09 bits per heavy atom. The van der Waals surface area contributed by atoms with Gasteiger partial charge in [0.05, 0.1) is 11.2 Å². The summed E-state index contributed by atoms with van der Waals surface area (Å²) in [5.74, 6) is 2.52. The standard InChI is InChI=1S/C20H24N2O/c1-14-7-19(23)22(21(14)18-5-3-2-4-6-18)20-11-15-8-16(12-20)10-17(9-15)13-20/h2-7,15-17H,8-13H2,1H3. The van der Waals surface area contributed by atoms with Gasteiger partial charge in [-0.2, -0.15) is 0 Å². The topological polar surface area (TPSA) is 26.9 Å². The summed E-state index contributed by atoms with van der Waals surface area (Å²) in [5.41, 5.74) is 2.42. The van der Waals surface area contributed by atoms with Gasteiger partial charge >= 0.3 is 0 Å². The Balaban J connectivity index is 1.71. The molecule has 4 aliphatic rings. The highest BCUT2D eigenvalue weighted by Gasteiger charge is 2.53. The van der Waals surface area contributed by atoms with Crippen molar-refractivity contribution in [1.82, 2.24) is 9.36 Å². The predicted octanol–water partition coefficient (Wildman–Crippen LogP) is 3.87. The molecule has 23 heavy (non-hydrogen) atoms. The van der Waals surface area contributed by atoms with Gasteiger partial charge in [-0.3, -0.25) is 9.48 Å². The molecule has 0 spiro atoms. The number of rotatable bonds is 2. The van der Waals surface area contributed by atoms with E-state index in [2.05, 4.69) is 40.6 Å². The van der Waals surface area contributed by atoms with Crippen LogP contribution in [0.3, 0.4) is 0 Å². The van der Waals surface area contributed by atoms with E-state index in [1.54, 1.807) is 0 Å². The Bertz CT molecular complexity index is 764. The maximum Gasteiger partial charge on any atom is 0.267 e. The average Bonchev–Trinajstić information content (AvgIpc) is 2.82. The maximum absolute atomic E-state index is 12.9. The smallest absolute Gasteiger partial charge is 0.267 e. The van der Waals surface area contributed by atoms with Gasteiger partial charge in [-0.1, -0.05) is 18.2 Å². The van der Waals surface area contributed by atoms with E-state index in [4.69, 9.17) is 0 Å². The van der Waals surface area contributed by atoms with Crippen LogP contribution >= 0.6 is 0 Å². The molecular weight excluding hydrogens is 284 g/mol. The lowest BCUT2D eigenvalue weighted by molar-refractivity contribution is -0.0544. The molecule has 4 aliphatic carbocycles. The van der Waals surface area contributed by atoms with E-state index >= 15 is 0 Å². The van der Waals surface area contributed by atoms with Crippen molar-refractivity contribution in [2.45, 2.75) is 51.0 Å². The van der Waals surface area contributed by atoms with E-state index in [0.29, 0.717) is 0 Å². The monoisotopic (exact) mass is 308 g/mol. The van der Waals surface area contributed by atoms with E-state index in [0.717, 1.165) is 29.1 Å². The minimum absolute atomic E-state index is 0.0654. The number of aryl methyl sites for hydroxylation is 1. The second-order valence-corrected chi connectivity index (χ2v) is 8.23. The third kappa shape index (κ3) is 1.92. The highest BCUT2D eigenvalue weighted by molar-refractivity contribution is 5.33. The van der Waals surface area contributed by atoms with E-state index in [1.807, 2.05) is 12.1 Å². The molecule has 4 bridgehead atoms. The second-order valence-electron chi connectivity index (χ2n) is 8.23. The number of hydrogen-bond donors (Lipinski definition) is 0. The summed E-state index contributed by atoms with van der Waals surface area (Å²) in [4.78, 5) is 12.9. The normalized spacial score (nSPS) is 34.9. The first kappa shape index (κ1) is 13.6. The van der Waals surface area contributed by atoms with Gasteiger partial charge in [0.15, 0.2) is 0 Å². The van der Waals surface area contributed by atoms with E-state index < -0.39 is 0 Å². The van der Waals surface area contributed by atoms with Crippen LogP contribution < -0.4 is 5.56 Å². The molecular formula is C20H24N2O. The molecule has 1 aromatic heterocycles. The molecule has 0 N–H and O–H groups in total. The predicted molar refractivity (Wildman–Crippen MR) is 90.9 cm³/mol. The molecule has 0 amide bonds. The van der Waals surface area contributed by atoms with Gasteiger partial charge in [-0.15, -0.1) is 0 Å². The van der Waals surface area contributed by atoms with Crippen LogP contribution in [-0.4, -0.2) is 9.36 Å². The Morgan fingerprint density at radius 2 is 1.52 bits per heavy atom. The molecule has 1 heterocycles. The fourth-order valence-corrected chi connectivity index (χ4v) is 6.22. The fourth-order valence-electron chi connectivity index (χ4n) is 6.22. The van der Waals surface area contributed by atoms with Crippen LogP contribution in [0.2, 0.25) is 0 Å². The summed E-state index contributed by atoms with van der Waals surface area (Å²) in [6.45, 7) is 2.06. The average molecular weight is 308 g/mol. The molecule has 0 aliphatic heterocycles. The van der Waals surface area contributed by atoms with Crippen molar-refractivity contribution in [3.05, 3.63) is 52.4 Å². The first-order chi connectivity index (χ1) is 11.1. The summed E-state index contributed by atoms with van der Waals surface area (Å²) in [6.07, 6.45) is 7.82. The molecule has 1 aromatic carbocycles. The molecule has 0 unspecified atom stereocenters. The maximum atomic E-state index is 12.9. The molecule has 6 rings (SSSR count). The first-order valence-corrected chi connectivity index (χ1v) is 9.02. The number of para-hydroxylation sites is 1. The number of aromatic nitrogens is 2. The van der Waals surface area contributed by atoms with Crippen LogP contribution in [0.4, 0.5) is 0 Å². The lowest BCUT2D eigenvalue weighted by atomic mass is 9.53. The Labute approximate surface area is 136 Å². The van der Waals surface area contributed by atoms with Gasteiger partial charge in [0, 0.05) is 11.8 Å². The first-order valence-electron chi connectivity index (χ1n) is 9.02. The van der Waals surface area contributed by atoms with E-state index in [1.165, 1.54) is 38.5 Å². The van der Waals surface area contributed by atoms with Crippen LogP contribution in [0.25, 0.3) is 5.69 Å². The minimum Gasteiger partial charge on any atom is -0.268 e. The third-order valence-electron chi connectivity index (χ3n) is 6.53. The van der Waals surface area contributed by atoms with Crippen molar-refractivity contribution in [1.29, 1.82) is 0 Å². The largest absolute Gasteiger partial charge is 0.268 e. The van der Waals surface area contributed by atoms with Crippen molar-refractivity contribution in [2.75, 3.05) is 0 Å². The van der Waals surface area contributed by atoms with Gasteiger partial charge in [0.2, 0.25) is 0 Å². The summed E-state index contributed by atoms with van der Waals surface area (Å²) in [7, 11) is 0. The summed E-state index contributed by atoms with van der Waals surface area (Å²) < 4.78 is 4.33. The summed E-state index contributed by atoms with van der Waals surface area (Å²) in [6, 6.07) is 12.2. The molecule has 120 valence electrons. The van der Waals surface area contributed by atoms with Gasteiger partial charge < -0.3 is 0 Å². The summed E-state index contributed by atoms with van der Waals surface area (Å²) >= 11 is 0. The molecule has 4 saturated carbocycles. The molecule has 3 nitrogen and oxygen atoms in total. The highest BCUT2D eigenvalue weighted by Crippen LogP contribution is 2.58. The fraction of sp³-hybridized carbons (Fsp3) is 0.550. The number of benzene rings is 1. The van der Waals surface area contributed by atoms with Gasteiger partial charge in [0.1, 0.15) is 0 Å². The molecule has 0 atom stereocenters. The van der Waals surface area contributed by atoms with Crippen molar-refractivity contribution in [3.63, 3.8) is 0 Å². The zero-order valence-electron chi connectivity index (χ0n) is 13.7. The quantitative estimate of drug-likeness (QED) is 0.827. The molecule has 4 fully saturated rings. The van der Waals surface area contributed by atoms with Crippen LogP contribution in [0.1, 0.15) is 44.2 Å². The number of hydrogen-bond acceptors (Lipinski definition) is 1. The van der Waals surface area contributed by atoms with Gasteiger partial charge in [-0.25, -0.2) is 4.68 Å². The van der Waals surface area contributed by atoms with Gasteiger partial charge in [0.25, 0.3) is 5.56 Å². The van der Waals surface area contributed by atoms with Crippen LogP contribution in [0.5, 0.6) is 0 Å². The van der Waals surface area contributed by atoms with Crippen molar-refractivity contribution >= 4 is 0 Å². The molecule has 0 radical (unpaired) electrons. The van der Waals surface area contributed by atoms with Crippen LogP contribution in [0, 0.1) is 24.7 Å². The number of nitrogens with zero attached hydrogens (tertiary/aromatic N) is 2. The lowest BCUT2D eigenvalue weighted by Crippen LogP contribution is -2.55. The van der Waals surface area contributed by atoms with E-state index in [-0.39, 0.29) is 11.1 Å². The Hall–Kier alpha value is -1.77. The molecule has 3 heteroatoms. The Morgan fingerprint density at radius 1 is 0.957 bits per heavy atom. The van der Waals surface area contributed by atoms with Crippen molar-refractivity contribution in [3.8, 4) is 5.69 Å². The summed E-state index contributed by atoms with van der Waals surface area (Å²) in [5, 5.41) is 0. The zero-order valence-corrected chi connectivity index (χ0v) is 13.7. The third-order valence-corrected chi connectivity index (χ3v) is 6.53. The van der Waals surface area contributed by atoms with Crippen LogP contribution in [0.15, 0.2) is 41.2 Å². The zero-order chi connectivity index (χ0) is 15.6. The lowest BCUT2D eigenvalue weighted by Gasteiger charge is -2.57. The second kappa shape index (κ2) is 4.62. The molecule has 2 aromatic rings. The van der Waals surface area contributed by atoms with Crippen molar-refractivity contribution < 1.29 is 0 Å². The van der Waals surface area contributed by atoms with Gasteiger partial charge in [-0.05, 0) is 75.3 Å². The van der Waals surface area contributed by atoms with E-state index in [9.17, 15) is 4.79 Å². The van der Waals surface area contributed by atoms with Crippen molar-refractivity contribution in [2.24, 2.45) is 17.8 Å². The Kier molecular flexibility index (Phi) is 2.74. The highest BCUT2D eigenvalue weighted by atomic mass is 16.1.